The lowest BCUT2D eigenvalue weighted by atomic mass is 10.2. The average molecular weight is 177 g/mol. The van der Waals surface area contributed by atoms with Crippen molar-refractivity contribution in [3.63, 3.8) is 0 Å². The highest BCUT2D eigenvalue weighted by molar-refractivity contribution is 6.41. The van der Waals surface area contributed by atoms with Crippen LogP contribution in [0.25, 0.3) is 0 Å². The van der Waals surface area contributed by atoms with Gasteiger partial charge in [0.25, 0.3) is 0 Å². The lowest BCUT2D eigenvalue weighted by Crippen LogP contribution is -1.95. The van der Waals surface area contributed by atoms with Crippen LogP contribution in [0.2, 0.25) is 10.0 Å². The minimum absolute atomic E-state index is 0.224. The number of hydrogen-bond donors (Lipinski definition) is 1. The van der Waals surface area contributed by atoms with Gasteiger partial charge >= 0.3 is 0 Å². The van der Waals surface area contributed by atoms with E-state index in [0.717, 1.165) is 0 Å². The molecule has 2 N–H and O–H groups in total. The van der Waals surface area contributed by atoms with Crippen molar-refractivity contribution in [3.05, 3.63) is 33.8 Å². The summed E-state index contributed by atoms with van der Waals surface area (Å²) in [7, 11) is 0. The van der Waals surface area contributed by atoms with Gasteiger partial charge in [0.2, 0.25) is 0 Å². The standard InChI is InChI=1S/C7H7Cl2N/c8-6-2-1-5(4-10)3-7(6)9/h1-3H,4,10H2/i3D. The van der Waals surface area contributed by atoms with Gasteiger partial charge in [0, 0.05) is 6.54 Å². The fourth-order valence-corrected chi connectivity index (χ4v) is 0.903. The number of benzene rings is 1. The maximum absolute atomic E-state index is 7.44. The van der Waals surface area contributed by atoms with Gasteiger partial charge < -0.3 is 5.73 Å². The Kier molecular flexibility index (Phi) is 2.10. The molecule has 0 radical (unpaired) electrons. The zero-order valence-corrected chi connectivity index (χ0v) is 6.71. The van der Waals surface area contributed by atoms with Crippen molar-refractivity contribution in [3.8, 4) is 0 Å². The van der Waals surface area contributed by atoms with E-state index < -0.39 is 0 Å². The van der Waals surface area contributed by atoms with Crippen LogP contribution in [-0.4, -0.2) is 0 Å². The summed E-state index contributed by atoms with van der Waals surface area (Å²) in [6, 6.07) is 3.57. The second kappa shape index (κ2) is 3.24. The summed E-state index contributed by atoms with van der Waals surface area (Å²) in [5.41, 5.74) is 6.06. The van der Waals surface area contributed by atoms with Crippen LogP contribution >= 0.6 is 23.2 Å². The van der Waals surface area contributed by atoms with Gasteiger partial charge in [-0.2, -0.15) is 0 Å². The van der Waals surface area contributed by atoms with Crippen molar-refractivity contribution in [1.82, 2.24) is 0 Å². The van der Waals surface area contributed by atoms with E-state index in [1.807, 2.05) is 0 Å². The molecule has 0 atom stereocenters. The maximum atomic E-state index is 7.44. The molecule has 0 aromatic heterocycles. The van der Waals surface area contributed by atoms with Crippen molar-refractivity contribution in [2.75, 3.05) is 0 Å². The molecule has 3 heteroatoms. The molecule has 1 aromatic rings. The summed E-state index contributed by atoms with van der Waals surface area (Å²) in [6.07, 6.45) is 0. The van der Waals surface area contributed by atoms with Crippen LogP contribution in [0.5, 0.6) is 0 Å². The van der Waals surface area contributed by atoms with Crippen LogP contribution in [-0.2, 0) is 6.54 Å². The van der Waals surface area contributed by atoms with Gasteiger partial charge in [-0.15, -0.1) is 0 Å². The van der Waals surface area contributed by atoms with E-state index in [1.165, 1.54) is 0 Å². The Morgan fingerprint density at radius 1 is 1.40 bits per heavy atom. The number of nitrogens with two attached hydrogens (primary N) is 1. The van der Waals surface area contributed by atoms with Gasteiger partial charge in [-0.05, 0) is 17.7 Å². The first-order valence-corrected chi connectivity index (χ1v) is 3.56. The molecule has 0 amide bonds. The number of hydrogen-bond acceptors (Lipinski definition) is 1. The molecule has 0 aliphatic rings. The molecule has 54 valence electrons. The quantitative estimate of drug-likeness (QED) is 0.700. The molecular weight excluding hydrogens is 169 g/mol. The highest BCUT2D eigenvalue weighted by Crippen LogP contribution is 2.21. The lowest BCUT2D eigenvalue weighted by molar-refractivity contribution is 1.07. The van der Waals surface area contributed by atoms with Crippen molar-refractivity contribution < 1.29 is 1.37 Å². The Bertz CT molecular complexity index is 275. The van der Waals surface area contributed by atoms with E-state index in [0.29, 0.717) is 17.1 Å². The lowest BCUT2D eigenvalue weighted by Gasteiger charge is -1.97. The van der Waals surface area contributed by atoms with Crippen LogP contribution < -0.4 is 5.73 Å². The molecule has 0 fully saturated rings. The molecular formula is C7H7Cl2N. The van der Waals surface area contributed by atoms with Crippen LogP contribution in [0.1, 0.15) is 6.93 Å². The molecule has 1 aromatic carbocycles. The predicted octanol–water partition coefficient (Wildman–Crippen LogP) is 2.45. The Balaban J connectivity index is 3.25. The summed E-state index contributed by atoms with van der Waals surface area (Å²) >= 11 is 11.3. The van der Waals surface area contributed by atoms with Gasteiger partial charge in [0.05, 0.1) is 11.4 Å². The van der Waals surface area contributed by atoms with Gasteiger partial charge in [0.1, 0.15) is 0 Å². The van der Waals surface area contributed by atoms with E-state index >= 15 is 0 Å². The maximum Gasteiger partial charge on any atom is 0.0642 e. The second-order valence-electron chi connectivity index (χ2n) is 1.85. The van der Waals surface area contributed by atoms with Crippen molar-refractivity contribution in [2.24, 2.45) is 5.73 Å². The Hall–Kier alpha value is -0.240. The zero-order chi connectivity index (χ0) is 8.43. The molecule has 0 heterocycles. The van der Waals surface area contributed by atoms with Crippen molar-refractivity contribution in [1.29, 1.82) is 0 Å². The molecule has 10 heavy (non-hydrogen) atoms. The van der Waals surface area contributed by atoms with E-state index in [2.05, 4.69) is 0 Å². The minimum Gasteiger partial charge on any atom is -0.326 e. The van der Waals surface area contributed by atoms with Gasteiger partial charge in [-0.25, -0.2) is 0 Å². The van der Waals surface area contributed by atoms with Crippen LogP contribution in [0, 0.1) is 0 Å². The molecule has 0 unspecified atom stereocenters. The molecule has 0 aliphatic heterocycles. The molecule has 1 rings (SSSR count). The van der Waals surface area contributed by atoms with E-state index in [9.17, 15) is 0 Å². The monoisotopic (exact) mass is 176 g/mol. The third kappa shape index (κ3) is 1.63. The Morgan fingerprint density at radius 3 is 2.70 bits per heavy atom. The average Bonchev–Trinajstić information content (AvgIpc) is 2.01. The van der Waals surface area contributed by atoms with Crippen LogP contribution in [0.3, 0.4) is 0 Å². The minimum atomic E-state index is 0.224. The van der Waals surface area contributed by atoms with Crippen molar-refractivity contribution in [2.45, 2.75) is 6.54 Å². The molecule has 0 aliphatic carbocycles. The normalized spacial score (nSPS) is 11.3. The summed E-state index contributed by atoms with van der Waals surface area (Å²) < 4.78 is 7.44. The van der Waals surface area contributed by atoms with Gasteiger partial charge in [-0.3, -0.25) is 0 Å². The smallest absolute Gasteiger partial charge is 0.0642 e. The van der Waals surface area contributed by atoms with E-state index in [4.69, 9.17) is 30.3 Å². The third-order valence-corrected chi connectivity index (χ3v) is 1.84. The van der Waals surface area contributed by atoms with Gasteiger partial charge in [0.15, 0.2) is 0 Å². The van der Waals surface area contributed by atoms with E-state index in [1.54, 1.807) is 12.1 Å². The first-order valence-electron chi connectivity index (χ1n) is 3.30. The Labute approximate surface area is 71.1 Å². The second-order valence-corrected chi connectivity index (χ2v) is 2.63. The number of halogens is 2. The first-order chi connectivity index (χ1) is 5.16. The van der Waals surface area contributed by atoms with E-state index in [-0.39, 0.29) is 11.1 Å². The highest BCUT2D eigenvalue weighted by Gasteiger charge is 1.96. The molecule has 0 spiro atoms. The largest absolute Gasteiger partial charge is 0.326 e. The predicted molar refractivity (Wildman–Crippen MR) is 44.4 cm³/mol. The molecule has 0 bridgehead atoms. The van der Waals surface area contributed by atoms with Crippen LogP contribution in [0.4, 0.5) is 0 Å². The fraction of sp³-hybridized carbons (Fsp3) is 0.143. The van der Waals surface area contributed by atoms with Crippen LogP contribution in [0.15, 0.2) is 18.2 Å². The fourth-order valence-electron chi connectivity index (χ4n) is 0.608. The summed E-state index contributed by atoms with van der Waals surface area (Å²) in [6.45, 7) is 0.315. The van der Waals surface area contributed by atoms with Gasteiger partial charge in [-0.1, -0.05) is 29.3 Å². The summed E-state index contributed by atoms with van der Waals surface area (Å²) in [5, 5.41) is 0.670. The number of rotatable bonds is 1. The zero-order valence-electron chi connectivity index (χ0n) is 6.20. The topological polar surface area (TPSA) is 26.0 Å². The molecule has 1 nitrogen and oxygen atoms in total. The Morgan fingerprint density at radius 2 is 2.10 bits per heavy atom. The summed E-state index contributed by atoms with van der Waals surface area (Å²) in [5.74, 6) is 0. The highest BCUT2D eigenvalue weighted by atomic mass is 35.5. The molecule has 0 saturated heterocycles. The SMILES string of the molecule is [2H]c1c(CN)ccc(Cl)c1Cl. The van der Waals surface area contributed by atoms with Crippen molar-refractivity contribution >= 4 is 23.2 Å². The summed E-state index contributed by atoms with van der Waals surface area (Å²) in [4.78, 5) is 0. The first kappa shape index (κ1) is 6.47. The molecule has 0 saturated carbocycles. The third-order valence-electron chi connectivity index (χ3n) is 1.13.